The molecule has 3 aromatic carbocycles. The van der Waals surface area contributed by atoms with Crippen molar-refractivity contribution in [1.29, 1.82) is 0 Å². The van der Waals surface area contributed by atoms with Crippen molar-refractivity contribution in [3.8, 4) is 0 Å². The Hall–Kier alpha value is -4.34. The van der Waals surface area contributed by atoms with E-state index in [-0.39, 0.29) is 30.9 Å². The SMILES string of the molecule is C=CCN(Cc1ccccc1)C(=O)[C@H]1[C@H]2C(=O)N([C@@H](CO)Cc3ccccc3)C(C(=O)N(CC=C)c3ccc(N(CC)CC)cc3)C23CC[C@]1(C)S3. The maximum absolute atomic E-state index is 15.3. The Morgan fingerprint density at radius 2 is 1.48 bits per heavy atom. The Kier molecular flexibility index (Phi) is 11.3. The van der Waals surface area contributed by atoms with Crippen LogP contribution in [-0.2, 0) is 27.3 Å². The van der Waals surface area contributed by atoms with Gasteiger partial charge in [-0.3, -0.25) is 14.4 Å². The third-order valence-electron chi connectivity index (χ3n) is 11.4. The average Bonchev–Trinajstić information content (AvgIpc) is 3.74. The lowest BCUT2D eigenvalue weighted by Gasteiger charge is -2.40. The number of fused-ring (bicyclic) bond motifs is 1. The number of rotatable bonds is 16. The number of carbonyl (C=O) groups excluding carboxylic acids is 3. The molecule has 6 rings (SSSR count). The molecule has 2 unspecified atom stereocenters. The Labute approximate surface area is 313 Å². The van der Waals surface area contributed by atoms with Gasteiger partial charge in [0, 0.05) is 48.8 Å². The van der Waals surface area contributed by atoms with E-state index in [0.29, 0.717) is 38.0 Å². The number of amides is 3. The lowest BCUT2D eigenvalue weighted by atomic mass is 9.66. The van der Waals surface area contributed by atoms with Gasteiger partial charge < -0.3 is 24.7 Å². The van der Waals surface area contributed by atoms with Gasteiger partial charge >= 0.3 is 0 Å². The van der Waals surface area contributed by atoms with Gasteiger partial charge in [0.15, 0.2) is 0 Å². The Morgan fingerprint density at radius 3 is 2.06 bits per heavy atom. The largest absolute Gasteiger partial charge is 0.394 e. The van der Waals surface area contributed by atoms with Crippen LogP contribution in [0.5, 0.6) is 0 Å². The highest BCUT2D eigenvalue weighted by atomic mass is 32.2. The zero-order valence-corrected chi connectivity index (χ0v) is 31.5. The monoisotopic (exact) mass is 720 g/mol. The van der Waals surface area contributed by atoms with E-state index in [2.05, 4.69) is 38.8 Å². The number of anilines is 2. The summed E-state index contributed by atoms with van der Waals surface area (Å²) in [6.45, 7) is 16.7. The summed E-state index contributed by atoms with van der Waals surface area (Å²) in [7, 11) is 0. The van der Waals surface area contributed by atoms with E-state index in [0.717, 1.165) is 29.9 Å². The van der Waals surface area contributed by atoms with E-state index < -0.39 is 33.4 Å². The van der Waals surface area contributed by atoms with Crippen LogP contribution in [0.4, 0.5) is 11.4 Å². The molecule has 0 saturated carbocycles. The van der Waals surface area contributed by atoms with E-state index in [1.54, 1.807) is 38.6 Å². The lowest BCUT2D eigenvalue weighted by molar-refractivity contribution is -0.146. The van der Waals surface area contributed by atoms with Gasteiger partial charge in [0.05, 0.1) is 29.2 Å². The molecule has 0 radical (unpaired) electrons. The lowest BCUT2D eigenvalue weighted by Crippen LogP contribution is -2.58. The number of thioether (sulfide) groups is 1. The standard InChI is InChI=1S/C43H52N4O4S/c1-6-26-45(29-32-18-14-11-15-19-32)39(49)36-37-40(50)47(35(30-48)28-31-16-12-10-13-17-31)38(43(37)25-24-42(36,5)52-43)41(51)46(27-7-2)34-22-20-33(21-23-34)44(8-3)9-4/h6-7,10-23,35-38,48H,1-2,8-9,24-30H2,3-5H3/t35-,36-,37+,38?,42+,43?/m1/s1. The first kappa shape index (κ1) is 37.4. The fourth-order valence-electron chi connectivity index (χ4n) is 8.97. The highest BCUT2D eigenvalue weighted by molar-refractivity contribution is 8.02. The molecule has 3 aliphatic heterocycles. The van der Waals surface area contributed by atoms with Crippen LogP contribution in [0, 0.1) is 11.8 Å². The van der Waals surface area contributed by atoms with Crippen molar-refractivity contribution >= 4 is 40.9 Å². The van der Waals surface area contributed by atoms with Gasteiger partial charge in [0.2, 0.25) is 11.8 Å². The van der Waals surface area contributed by atoms with Crippen LogP contribution in [0.2, 0.25) is 0 Å². The van der Waals surface area contributed by atoms with Crippen LogP contribution in [0.15, 0.2) is 110 Å². The van der Waals surface area contributed by atoms with Gasteiger partial charge in [-0.15, -0.1) is 24.9 Å². The number of hydrogen-bond donors (Lipinski definition) is 1. The number of nitrogens with zero attached hydrogens (tertiary/aromatic N) is 4. The maximum Gasteiger partial charge on any atom is 0.251 e. The van der Waals surface area contributed by atoms with E-state index in [1.807, 2.05) is 84.9 Å². The minimum Gasteiger partial charge on any atom is -0.394 e. The Bertz CT molecular complexity index is 1750. The highest BCUT2D eigenvalue weighted by Crippen LogP contribution is 2.72. The topological polar surface area (TPSA) is 84.4 Å². The summed E-state index contributed by atoms with van der Waals surface area (Å²) in [6, 6.07) is 26.1. The molecule has 0 aliphatic carbocycles. The van der Waals surface area contributed by atoms with Crippen molar-refractivity contribution in [2.45, 2.75) is 68.2 Å². The normalized spacial score (nSPS) is 25.0. The average molecular weight is 721 g/mol. The molecule has 9 heteroatoms. The van der Waals surface area contributed by atoms with Crippen LogP contribution in [-0.4, -0.2) is 87.0 Å². The smallest absolute Gasteiger partial charge is 0.251 e. The highest BCUT2D eigenvalue weighted by Gasteiger charge is 2.78. The first-order valence-electron chi connectivity index (χ1n) is 18.5. The number of carbonyl (C=O) groups is 3. The Balaban J connectivity index is 1.43. The summed E-state index contributed by atoms with van der Waals surface area (Å²) in [5, 5.41) is 11.0. The molecular formula is C43H52N4O4S. The quantitative estimate of drug-likeness (QED) is 0.174. The van der Waals surface area contributed by atoms with Crippen molar-refractivity contribution in [2.24, 2.45) is 11.8 Å². The number of aliphatic hydroxyl groups excluding tert-OH is 1. The molecule has 52 heavy (non-hydrogen) atoms. The summed E-state index contributed by atoms with van der Waals surface area (Å²) >= 11 is 1.65. The molecule has 2 bridgehead atoms. The zero-order valence-electron chi connectivity index (χ0n) is 30.7. The predicted octanol–water partition coefficient (Wildman–Crippen LogP) is 6.35. The van der Waals surface area contributed by atoms with E-state index >= 15 is 9.59 Å². The van der Waals surface area contributed by atoms with Crippen LogP contribution >= 0.6 is 11.8 Å². The summed E-state index contributed by atoms with van der Waals surface area (Å²) in [5.74, 6) is -1.89. The molecule has 3 saturated heterocycles. The molecule has 3 aliphatic rings. The van der Waals surface area contributed by atoms with Gasteiger partial charge in [-0.05, 0) is 75.4 Å². The zero-order chi connectivity index (χ0) is 37.0. The Morgan fingerprint density at radius 1 is 0.885 bits per heavy atom. The second kappa shape index (κ2) is 15.7. The van der Waals surface area contributed by atoms with Crippen molar-refractivity contribution in [1.82, 2.24) is 9.80 Å². The minimum absolute atomic E-state index is 0.0923. The number of likely N-dealkylation sites (tertiary alicyclic amines) is 1. The molecule has 3 fully saturated rings. The number of aliphatic hydroxyl groups is 1. The number of benzene rings is 3. The van der Waals surface area contributed by atoms with Crippen LogP contribution < -0.4 is 9.80 Å². The first-order chi connectivity index (χ1) is 25.2. The molecule has 1 spiro atoms. The summed E-state index contributed by atoms with van der Waals surface area (Å²) in [6.07, 6.45) is 5.14. The van der Waals surface area contributed by atoms with Crippen LogP contribution in [0.25, 0.3) is 0 Å². The van der Waals surface area contributed by atoms with E-state index in [1.165, 1.54) is 0 Å². The fraction of sp³-hybridized carbons (Fsp3) is 0.419. The molecule has 3 aromatic rings. The molecular weight excluding hydrogens is 669 g/mol. The first-order valence-corrected chi connectivity index (χ1v) is 19.4. The van der Waals surface area contributed by atoms with Crippen molar-refractivity contribution in [2.75, 3.05) is 42.6 Å². The van der Waals surface area contributed by atoms with Gasteiger partial charge in [0.1, 0.15) is 6.04 Å². The van der Waals surface area contributed by atoms with Gasteiger partial charge in [-0.2, -0.15) is 0 Å². The van der Waals surface area contributed by atoms with Gasteiger partial charge in [-0.25, -0.2) is 0 Å². The maximum atomic E-state index is 15.3. The van der Waals surface area contributed by atoms with E-state index in [9.17, 15) is 9.90 Å². The van der Waals surface area contributed by atoms with Crippen molar-refractivity contribution in [3.05, 3.63) is 121 Å². The van der Waals surface area contributed by atoms with Gasteiger partial charge in [-0.1, -0.05) is 72.8 Å². The molecule has 1 N–H and O–H groups in total. The fourth-order valence-corrected chi connectivity index (χ4v) is 11.3. The second-order valence-corrected chi connectivity index (χ2v) is 16.3. The van der Waals surface area contributed by atoms with Crippen LogP contribution in [0.1, 0.15) is 44.7 Å². The van der Waals surface area contributed by atoms with E-state index in [4.69, 9.17) is 0 Å². The summed E-state index contributed by atoms with van der Waals surface area (Å²) < 4.78 is -1.39. The summed E-state index contributed by atoms with van der Waals surface area (Å²) in [5.41, 5.74) is 3.74. The predicted molar refractivity (Wildman–Crippen MR) is 211 cm³/mol. The molecule has 8 nitrogen and oxygen atoms in total. The molecule has 3 amide bonds. The van der Waals surface area contributed by atoms with Crippen LogP contribution in [0.3, 0.4) is 0 Å². The van der Waals surface area contributed by atoms with Crippen molar-refractivity contribution in [3.63, 3.8) is 0 Å². The minimum atomic E-state index is -0.889. The number of hydrogen-bond acceptors (Lipinski definition) is 6. The molecule has 274 valence electrons. The molecule has 3 heterocycles. The van der Waals surface area contributed by atoms with Crippen molar-refractivity contribution < 1.29 is 19.5 Å². The second-order valence-electron chi connectivity index (χ2n) is 14.4. The van der Waals surface area contributed by atoms with Gasteiger partial charge in [0.25, 0.3) is 5.91 Å². The third kappa shape index (κ3) is 6.69. The third-order valence-corrected chi connectivity index (χ3v) is 13.4. The summed E-state index contributed by atoms with van der Waals surface area (Å²) in [4.78, 5) is 52.8. The molecule has 0 aromatic heterocycles. The molecule has 6 atom stereocenters.